The number of hydrogen-bond donors (Lipinski definition) is 0. The molecule has 0 saturated carbocycles. The van der Waals surface area contributed by atoms with Crippen LogP contribution in [0.3, 0.4) is 0 Å². The molecule has 12 heavy (non-hydrogen) atoms. The van der Waals surface area contributed by atoms with E-state index in [1.807, 2.05) is 0 Å². The van der Waals surface area contributed by atoms with Gasteiger partial charge in [-0.1, -0.05) is 24.8 Å². The topological polar surface area (TPSA) is 17.1 Å². The predicted molar refractivity (Wildman–Crippen MR) is 48.6 cm³/mol. The third-order valence-electron chi connectivity index (χ3n) is 1.22. The van der Waals surface area contributed by atoms with Crippen LogP contribution in [-0.2, 0) is 4.79 Å². The largest absolute Gasteiger partial charge is 0.300 e. The average Bonchev–Trinajstić information content (AvgIpc) is 1.98. The molecule has 0 aromatic heterocycles. The van der Waals surface area contributed by atoms with Crippen molar-refractivity contribution in [3.63, 3.8) is 0 Å². The first-order chi connectivity index (χ1) is 5.49. The summed E-state index contributed by atoms with van der Waals surface area (Å²) >= 11 is 5.47. The molecule has 0 atom stereocenters. The van der Waals surface area contributed by atoms with Crippen molar-refractivity contribution < 1.29 is 9.18 Å². The Morgan fingerprint density at radius 2 is 2.17 bits per heavy atom. The summed E-state index contributed by atoms with van der Waals surface area (Å²) in [7, 11) is 0. The molecule has 0 fully saturated rings. The zero-order chi connectivity index (χ0) is 9.72. The Morgan fingerprint density at radius 1 is 1.67 bits per heavy atom. The minimum Gasteiger partial charge on any atom is -0.300 e. The average molecular weight is 189 g/mol. The molecule has 0 heterocycles. The molecule has 0 rings (SSSR count). The Balaban J connectivity index is 4.78. The van der Waals surface area contributed by atoms with Crippen LogP contribution < -0.4 is 0 Å². The summed E-state index contributed by atoms with van der Waals surface area (Å²) in [6.07, 6.45) is 0.964. The first-order valence-corrected chi connectivity index (χ1v) is 3.72. The van der Waals surface area contributed by atoms with Gasteiger partial charge in [0.25, 0.3) is 0 Å². The highest BCUT2D eigenvalue weighted by Gasteiger charge is 2.08. The van der Waals surface area contributed by atoms with Crippen molar-refractivity contribution in [2.45, 2.75) is 13.3 Å². The number of carbonyl (C=O) groups excluding carboxylic acids is 1. The summed E-state index contributed by atoms with van der Waals surface area (Å²) in [5.41, 5.74) is 0.110. The van der Waals surface area contributed by atoms with E-state index in [0.717, 1.165) is 6.08 Å². The second kappa shape index (κ2) is 4.88. The summed E-state index contributed by atoms with van der Waals surface area (Å²) < 4.78 is 12.9. The first-order valence-electron chi connectivity index (χ1n) is 3.34. The maximum atomic E-state index is 12.9. The molecule has 3 heteroatoms. The van der Waals surface area contributed by atoms with Crippen molar-refractivity contribution >= 4 is 17.4 Å². The molecule has 0 spiro atoms. The quantitative estimate of drug-likeness (QED) is 0.620. The third kappa shape index (κ3) is 3.49. The zero-order valence-corrected chi connectivity index (χ0v) is 7.62. The molecule has 0 aromatic rings. The fourth-order valence-corrected chi connectivity index (χ4v) is 0.839. The molecule has 0 saturated heterocycles. The van der Waals surface area contributed by atoms with Crippen LogP contribution in [0.5, 0.6) is 0 Å². The van der Waals surface area contributed by atoms with Crippen LogP contribution in [0.15, 0.2) is 35.7 Å². The third-order valence-corrected chi connectivity index (χ3v) is 1.45. The molecular formula is C9H10ClFO. The van der Waals surface area contributed by atoms with Crippen molar-refractivity contribution in [1.29, 1.82) is 0 Å². The molecule has 0 aromatic carbocycles. The van der Waals surface area contributed by atoms with Gasteiger partial charge in [-0.2, -0.15) is 0 Å². The second-order valence-corrected chi connectivity index (χ2v) is 2.77. The van der Waals surface area contributed by atoms with Gasteiger partial charge in [0.2, 0.25) is 0 Å². The SMILES string of the molecule is C=C/C(F)=C(/CC(C)=O)C(=C)Cl. The van der Waals surface area contributed by atoms with Gasteiger partial charge < -0.3 is 0 Å². The van der Waals surface area contributed by atoms with Crippen molar-refractivity contribution in [2.75, 3.05) is 0 Å². The Hall–Kier alpha value is -0.890. The molecule has 0 aliphatic carbocycles. The molecule has 0 aliphatic rings. The highest BCUT2D eigenvalue weighted by atomic mass is 35.5. The fourth-order valence-electron chi connectivity index (χ4n) is 0.682. The summed E-state index contributed by atoms with van der Waals surface area (Å²) in [6.45, 7) is 7.93. The summed E-state index contributed by atoms with van der Waals surface area (Å²) in [5.74, 6) is -0.756. The van der Waals surface area contributed by atoms with Crippen molar-refractivity contribution in [2.24, 2.45) is 0 Å². The van der Waals surface area contributed by atoms with E-state index < -0.39 is 5.83 Å². The molecule has 1 nitrogen and oxygen atoms in total. The van der Waals surface area contributed by atoms with Gasteiger partial charge in [0.1, 0.15) is 11.6 Å². The highest BCUT2D eigenvalue weighted by Crippen LogP contribution is 2.22. The van der Waals surface area contributed by atoms with Gasteiger partial charge in [0, 0.05) is 17.0 Å². The number of ketones is 1. The van der Waals surface area contributed by atoms with Gasteiger partial charge >= 0.3 is 0 Å². The van der Waals surface area contributed by atoms with E-state index in [1.54, 1.807) is 0 Å². The number of carbonyl (C=O) groups is 1. The van der Waals surface area contributed by atoms with Crippen LogP contribution in [0.1, 0.15) is 13.3 Å². The number of hydrogen-bond acceptors (Lipinski definition) is 1. The van der Waals surface area contributed by atoms with E-state index in [0.29, 0.717) is 0 Å². The Kier molecular flexibility index (Phi) is 4.52. The molecule has 0 aliphatic heterocycles. The Morgan fingerprint density at radius 3 is 2.42 bits per heavy atom. The number of halogens is 2. The van der Waals surface area contributed by atoms with E-state index >= 15 is 0 Å². The zero-order valence-electron chi connectivity index (χ0n) is 6.86. The van der Waals surface area contributed by atoms with Gasteiger partial charge in [0.15, 0.2) is 0 Å². The molecule has 0 amide bonds. The van der Waals surface area contributed by atoms with Crippen molar-refractivity contribution in [1.82, 2.24) is 0 Å². The van der Waals surface area contributed by atoms with Gasteiger partial charge in [-0.15, -0.1) is 0 Å². The van der Waals surface area contributed by atoms with Crippen LogP contribution in [-0.4, -0.2) is 5.78 Å². The lowest BCUT2D eigenvalue weighted by atomic mass is 10.1. The van der Waals surface area contributed by atoms with Gasteiger partial charge in [-0.05, 0) is 13.0 Å². The Bertz CT molecular complexity index is 253. The van der Waals surface area contributed by atoms with E-state index in [2.05, 4.69) is 13.2 Å². The van der Waals surface area contributed by atoms with Crippen LogP contribution >= 0.6 is 11.6 Å². The monoisotopic (exact) mass is 188 g/mol. The van der Waals surface area contributed by atoms with E-state index in [-0.39, 0.29) is 22.8 Å². The maximum absolute atomic E-state index is 12.9. The molecule has 0 unspecified atom stereocenters. The van der Waals surface area contributed by atoms with Crippen molar-refractivity contribution in [3.8, 4) is 0 Å². The van der Waals surface area contributed by atoms with Crippen LogP contribution in [0.25, 0.3) is 0 Å². The highest BCUT2D eigenvalue weighted by molar-refractivity contribution is 6.32. The molecular weight excluding hydrogens is 179 g/mol. The number of Topliss-reactive ketones (excluding diaryl/α,β-unsaturated/α-hetero) is 1. The molecule has 0 N–H and O–H groups in total. The van der Waals surface area contributed by atoms with Gasteiger partial charge in [0.05, 0.1) is 0 Å². The van der Waals surface area contributed by atoms with Crippen LogP contribution in [0.2, 0.25) is 0 Å². The molecule has 0 radical (unpaired) electrons. The fraction of sp³-hybridized carbons (Fsp3) is 0.222. The van der Waals surface area contributed by atoms with E-state index in [9.17, 15) is 9.18 Å². The smallest absolute Gasteiger partial charge is 0.134 e. The van der Waals surface area contributed by atoms with E-state index in [1.165, 1.54) is 6.92 Å². The molecule has 0 bridgehead atoms. The summed E-state index contributed by atoms with van der Waals surface area (Å²) in [4.78, 5) is 10.6. The summed E-state index contributed by atoms with van der Waals surface area (Å²) in [5, 5.41) is 0.0441. The lowest BCUT2D eigenvalue weighted by Gasteiger charge is -2.02. The lowest BCUT2D eigenvalue weighted by Crippen LogP contribution is -1.95. The maximum Gasteiger partial charge on any atom is 0.134 e. The number of rotatable bonds is 4. The van der Waals surface area contributed by atoms with Gasteiger partial charge in [-0.3, -0.25) is 4.79 Å². The standard InChI is InChI=1S/C9H10ClFO/c1-4-9(11)8(7(3)10)5-6(2)12/h4H,1,3,5H2,2H3/b9-8+. The molecule has 66 valence electrons. The second-order valence-electron chi connectivity index (χ2n) is 2.31. The van der Waals surface area contributed by atoms with E-state index in [4.69, 9.17) is 11.6 Å². The lowest BCUT2D eigenvalue weighted by molar-refractivity contribution is -0.116. The minimum absolute atomic E-state index is 0.0415. The van der Waals surface area contributed by atoms with Crippen molar-refractivity contribution in [3.05, 3.63) is 35.7 Å². The van der Waals surface area contributed by atoms with Gasteiger partial charge in [-0.25, -0.2) is 4.39 Å². The normalized spacial score (nSPS) is 11.9. The van der Waals surface area contributed by atoms with Crippen LogP contribution in [0.4, 0.5) is 4.39 Å². The summed E-state index contributed by atoms with van der Waals surface area (Å²) in [6, 6.07) is 0. The Labute approximate surface area is 76.2 Å². The first kappa shape index (κ1) is 11.1. The van der Waals surface area contributed by atoms with Crippen LogP contribution in [0, 0.1) is 0 Å². The number of allylic oxidation sites excluding steroid dienone is 4. The minimum atomic E-state index is -0.592. The predicted octanol–water partition coefficient (Wildman–Crippen LogP) is 3.13.